The van der Waals surface area contributed by atoms with Gasteiger partial charge in [0.25, 0.3) is 0 Å². The van der Waals surface area contributed by atoms with Crippen molar-refractivity contribution in [3.8, 4) is 0 Å². The molecule has 1 fully saturated rings. The van der Waals surface area contributed by atoms with Crippen molar-refractivity contribution >= 4 is 11.7 Å². The van der Waals surface area contributed by atoms with Crippen LogP contribution in [0, 0.1) is 11.8 Å². The van der Waals surface area contributed by atoms with Gasteiger partial charge in [0, 0.05) is 18.8 Å². The highest BCUT2D eigenvalue weighted by molar-refractivity contribution is 5.82. The minimum Gasteiger partial charge on any atom is -0.370 e. The van der Waals surface area contributed by atoms with Crippen molar-refractivity contribution in [1.29, 1.82) is 0 Å². The summed E-state index contributed by atoms with van der Waals surface area (Å²) >= 11 is 0. The molecule has 0 spiro atoms. The van der Waals surface area contributed by atoms with E-state index in [1.54, 1.807) is 0 Å². The van der Waals surface area contributed by atoms with Crippen LogP contribution in [0.15, 0.2) is 0 Å². The summed E-state index contributed by atoms with van der Waals surface area (Å²) in [5, 5.41) is 0. The molecule has 1 saturated carbocycles. The Kier molecular flexibility index (Phi) is 3.46. The Hall–Kier alpha value is -0.860. The van der Waals surface area contributed by atoms with E-state index in [9.17, 15) is 9.59 Å². The van der Waals surface area contributed by atoms with E-state index in [1.807, 2.05) is 0 Å². The molecule has 0 saturated heterocycles. The summed E-state index contributed by atoms with van der Waals surface area (Å²) in [6.07, 6.45) is 3.63. The average Bonchev–Trinajstić information content (AvgIpc) is 2.06. The molecule has 1 aliphatic rings. The molecule has 0 heterocycles. The Labute approximate surface area is 78.7 Å². The Balaban J connectivity index is 2.37. The van der Waals surface area contributed by atoms with E-state index in [2.05, 4.69) is 6.92 Å². The van der Waals surface area contributed by atoms with E-state index < -0.39 is 0 Å². The minimum atomic E-state index is -0.300. The van der Waals surface area contributed by atoms with E-state index in [4.69, 9.17) is 5.73 Å². The third-order valence-electron chi connectivity index (χ3n) is 2.76. The first-order chi connectivity index (χ1) is 6.09. The lowest BCUT2D eigenvalue weighted by atomic mass is 9.79. The second kappa shape index (κ2) is 4.40. The van der Waals surface area contributed by atoms with Crippen molar-refractivity contribution in [2.75, 3.05) is 0 Å². The Morgan fingerprint density at radius 2 is 2.31 bits per heavy atom. The smallest absolute Gasteiger partial charge is 0.217 e. The molecular formula is C10H17NO2. The Morgan fingerprint density at radius 3 is 2.92 bits per heavy atom. The quantitative estimate of drug-likeness (QED) is 0.716. The molecule has 0 radical (unpaired) electrons. The normalized spacial score (nSPS) is 28.8. The van der Waals surface area contributed by atoms with E-state index in [1.165, 1.54) is 0 Å². The summed E-state index contributed by atoms with van der Waals surface area (Å²) in [4.78, 5) is 21.9. The van der Waals surface area contributed by atoms with Crippen LogP contribution in [-0.4, -0.2) is 11.7 Å². The first-order valence-corrected chi connectivity index (χ1v) is 4.90. The molecule has 0 aromatic heterocycles. The van der Waals surface area contributed by atoms with E-state index in [0.717, 1.165) is 12.8 Å². The molecule has 1 amide bonds. The molecule has 0 aromatic rings. The van der Waals surface area contributed by atoms with Crippen LogP contribution in [0.5, 0.6) is 0 Å². The number of hydrogen-bond acceptors (Lipinski definition) is 2. The van der Waals surface area contributed by atoms with Crippen LogP contribution in [0.2, 0.25) is 0 Å². The lowest BCUT2D eigenvalue weighted by Gasteiger charge is -2.24. The largest absolute Gasteiger partial charge is 0.370 e. The summed E-state index contributed by atoms with van der Waals surface area (Å²) in [6, 6.07) is 0. The van der Waals surface area contributed by atoms with Crippen molar-refractivity contribution < 1.29 is 9.59 Å². The lowest BCUT2D eigenvalue weighted by Crippen LogP contribution is -2.25. The first-order valence-electron chi connectivity index (χ1n) is 4.90. The van der Waals surface area contributed by atoms with E-state index >= 15 is 0 Å². The number of rotatable bonds is 3. The number of ketones is 1. The predicted octanol–water partition coefficient (Wildman–Crippen LogP) is 1.26. The maximum absolute atomic E-state index is 11.4. The van der Waals surface area contributed by atoms with Gasteiger partial charge in [0.2, 0.25) is 5.91 Å². The number of Topliss-reactive ketones (excluding diaryl/α,β-unsaturated/α-hetero) is 1. The Morgan fingerprint density at radius 1 is 1.62 bits per heavy atom. The minimum absolute atomic E-state index is 0.0937. The van der Waals surface area contributed by atoms with Crippen LogP contribution in [0.3, 0.4) is 0 Å². The molecule has 3 nitrogen and oxygen atoms in total. The molecule has 2 unspecified atom stereocenters. The molecule has 1 rings (SSSR count). The van der Waals surface area contributed by atoms with Crippen LogP contribution in [0.1, 0.15) is 39.0 Å². The second-order valence-electron chi connectivity index (χ2n) is 4.05. The fourth-order valence-corrected chi connectivity index (χ4v) is 1.92. The molecule has 0 aliphatic heterocycles. The molecule has 2 atom stereocenters. The summed E-state index contributed by atoms with van der Waals surface area (Å²) in [6.45, 7) is 2.16. The third kappa shape index (κ3) is 3.17. The topological polar surface area (TPSA) is 60.2 Å². The van der Waals surface area contributed by atoms with E-state index in [0.29, 0.717) is 31.0 Å². The van der Waals surface area contributed by atoms with Crippen molar-refractivity contribution in [3.63, 3.8) is 0 Å². The van der Waals surface area contributed by atoms with Crippen molar-refractivity contribution in [2.24, 2.45) is 17.6 Å². The fraction of sp³-hybridized carbons (Fsp3) is 0.800. The number of nitrogens with two attached hydrogens (primary N) is 1. The number of amides is 1. The highest BCUT2D eigenvalue weighted by Crippen LogP contribution is 2.28. The van der Waals surface area contributed by atoms with Crippen LogP contribution < -0.4 is 5.73 Å². The number of carbonyl (C=O) groups excluding carboxylic acids is 2. The van der Waals surface area contributed by atoms with E-state index in [-0.39, 0.29) is 11.8 Å². The van der Waals surface area contributed by atoms with Gasteiger partial charge in [-0.3, -0.25) is 9.59 Å². The zero-order valence-corrected chi connectivity index (χ0v) is 8.08. The van der Waals surface area contributed by atoms with Gasteiger partial charge in [-0.15, -0.1) is 0 Å². The van der Waals surface area contributed by atoms with Gasteiger partial charge >= 0.3 is 0 Å². The lowest BCUT2D eigenvalue weighted by molar-refractivity contribution is -0.126. The maximum atomic E-state index is 11.4. The summed E-state index contributed by atoms with van der Waals surface area (Å²) in [7, 11) is 0. The zero-order chi connectivity index (χ0) is 9.84. The fourth-order valence-electron chi connectivity index (χ4n) is 1.92. The molecule has 74 valence electrons. The van der Waals surface area contributed by atoms with Crippen LogP contribution in [0.25, 0.3) is 0 Å². The van der Waals surface area contributed by atoms with Crippen LogP contribution >= 0.6 is 0 Å². The molecular weight excluding hydrogens is 166 g/mol. The van der Waals surface area contributed by atoms with Crippen molar-refractivity contribution in [3.05, 3.63) is 0 Å². The standard InChI is InChI=1S/C10H17NO2/c1-7-2-4-9(12)8(6-7)3-5-10(11)13/h7-8H,2-6H2,1H3,(H2,11,13). The molecule has 0 aromatic carbocycles. The molecule has 2 N–H and O–H groups in total. The Bertz CT molecular complexity index is 213. The van der Waals surface area contributed by atoms with Gasteiger partial charge in [0.05, 0.1) is 0 Å². The summed E-state index contributed by atoms with van der Waals surface area (Å²) in [5.41, 5.74) is 5.04. The number of hydrogen-bond donors (Lipinski definition) is 1. The number of primary amides is 1. The molecule has 13 heavy (non-hydrogen) atoms. The SMILES string of the molecule is CC1CCC(=O)C(CCC(N)=O)C1. The number of carbonyl (C=O) groups is 2. The second-order valence-corrected chi connectivity index (χ2v) is 4.05. The van der Waals surface area contributed by atoms with Crippen molar-refractivity contribution in [1.82, 2.24) is 0 Å². The van der Waals surface area contributed by atoms with Crippen molar-refractivity contribution in [2.45, 2.75) is 39.0 Å². The molecule has 0 bridgehead atoms. The monoisotopic (exact) mass is 183 g/mol. The van der Waals surface area contributed by atoms with Gasteiger partial charge in [0.15, 0.2) is 0 Å². The van der Waals surface area contributed by atoms with Gasteiger partial charge in [0.1, 0.15) is 5.78 Å². The maximum Gasteiger partial charge on any atom is 0.217 e. The van der Waals surface area contributed by atoms with Gasteiger partial charge in [-0.1, -0.05) is 6.92 Å². The summed E-state index contributed by atoms with van der Waals surface area (Å²) < 4.78 is 0. The highest BCUT2D eigenvalue weighted by Gasteiger charge is 2.26. The average molecular weight is 183 g/mol. The van der Waals surface area contributed by atoms with Gasteiger partial charge < -0.3 is 5.73 Å². The summed E-state index contributed by atoms with van der Waals surface area (Å²) in [5.74, 6) is 0.734. The molecule has 3 heteroatoms. The third-order valence-corrected chi connectivity index (χ3v) is 2.76. The van der Waals surface area contributed by atoms with Crippen LogP contribution in [-0.2, 0) is 9.59 Å². The first kappa shape index (κ1) is 10.2. The predicted molar refractivity (Wildman–Crippen MR) is 49.9 cm³/mol. The van der Waals surface area contributed by atoms with Crippen LogP contribution in [0.4, 0.5) is 0 Å². The van der Waals surface area contributed by atoms with Gasteiger partial charge in [-0.25, -0.2) is 0 Å². The zero-order valence-electron chi connectivity index (χ0n) is 8.08. The highest BCUT2D eigenvalue weighted by atomic mass is 16.1. The van der Waals surface area contributed by atoms with Gasteiger partial charge in [-0.05, 0) is 25.2 Å². The van der Waals surface area contributed by atoms with Gasteiger partial charge in [-0.2, -0.15) is 0 Å². The molecule has 1 aliphatic carbocycles.